The maximum absolute atomic E-state index is 5.91. The molecule has 0 saturated carbocycles. The van der Waals surface area contributed by atoms with Crippen LogP contribution in [0.15, 0.2) is 89.7 Å². The Hall–Kier alpha value is -2.80. The van der Waals surface area contributed by atoms with Gasteiger partial charge in [-0.1, -0.05) is 55.5 Å². The van der Waals surface area contributed by atoms with E-state index in [1.807, 2.05) is 6.08 Å². The van der Waals surface area contributed by atoms with Crippen molar-refractivity contribution in [1.82, 2.24) is 4.90 Å². The summed E-state index contributed by atoms with van der Waals surface area (Å²) in [7, 11) is 4.17. The summed E-state index contributed by atoms with van der Waals surface area (Å²) >= 11 is 0. The van der Waals surface area contributed by atoms with Crippen LogP contribution in [0, 0.1) is 0 Å². The quantitative estimate of drug-likeness (QED) is 0.403. The minimum absolute atomic E-state index is 0.738. The van der Waals surface area contributed by atoms with Crippen LogP contribution in [0.3, 0.4) is 0 Å². The monoisotopic (exact) mass is 371 g/mol. The van der Waals surface area contributed by atoms with Crippen molar-refractivity contribution in [3.05, 3.63) is 101 Å². The molecule has 0 bridgehead atoms. The Morgan fingerprint density at radius 1 is 0.964 bits per heavy atom. The highest BCUT2D eigenvalue weighted by Crippen LogP contribution is 2.34. The normalized spacial score (nSPS) is 13.6. The molecular weight excluding hydrogens is 342 g/mol. The molecule has 0 unspecified atom stereocenters. The molecule has 0 saturated heterocycles. The fraction of sp³-hybridized carbons (Fsp3) is 0.269. The molecule has 0 N–H and O–H groups in total. The molecule has 2 aromatic carbocycles. The molecule has 0 spiro atoms. The summed E-state index contributed by atoms with van der Waals surface area (Å²) in [5.41, 5.74) is 9.57. The molecule has 2 aromatic rings. The van der Waals surface area contributed by atoms with Gasteiger partial charge in [-0.15, -0.1) is 5.73 Å². The first kappa shape index (κ1) is 19.9. The van der Waals surface area contributed by atoms with Gasteiger partial charge in [-0.25, -0.2) is 0 Å². The highest BCUT2D eigenvalue weighted by molar-refractivity contribution is 5.85. The molecule has 3 rings (SSSR count). The second kappa shape index (κ2) is 9.94. The Bertz CT molecular complexity index is 895. The highest BCUT2D eigenvalue weighted by atomic mass is 16.5. The van der Waals surface area contributed by atoms with E-state index >= 15 is 0 Å². The molecule has 2 nitrogen and oxygen atoms in total. The number of rotatable bonds is 9. The van der Waals surface area contributed by atoms with E-state index in [1.54, 1.807) is 0 Å². The molecule has 0 fully saturated rings. The maximum Gasteiger partial charge on any atom is 0.119 e. The second-order valence-electron chi connectivity index (χ2n) is 7.19. The molecule has 0 aromatic heterocycles. The number of benzene rings is 2. The predicted octanol–water partition coefficient (Wildman–Crippen LogP) is 5.88. The van der Waals surface area contributed by atoms with Crippen molar-refractivity contribution in [1.29, 1.82) is 0 Å². The fourth-order valence-electron chi connectivity index (χ4n) is 3.43. The van der Waals surface area contributed by atoms with Gasteiger partial charge >= 0.3 is 0 Å². The van der Waals surface area contributed by atoms with Crippen molar-refractivity contribution >= 4 is 5.57 Å². The Labute approximate surface area is 169 Å². The second-order valence-corrected chi connectivity index (χ2v) is 7.19. The molecule has 144 valence electrons. The lowest BCUT2D eigenvalue weighted by molar-refractivity contribution is 0.281. The number of allylic oxidation sites excluding steroid dienone is 4. The zero-order valence-corrected chi connectivity index (χ0v) is 17.1. The van der Waals surface area contributed by atoms with Gasteiger partial charge in [0.15, 0.2) is 0 Å². The lowest BCUT2D eigenvalue weighted by atomic mass is 9.88. The molecular formula is C26H29NO. The largest absolute Gasteiger partial charge is 0.494 e. The lowest BCUT2D eigenvalue weighted by Gasteiger charge is -2.16. The molecule has 2 heteroatoms. The first-order chi connectivity index (χ1) is 13.7. The van der Waals surface area contributed by atoms with Crippen LogP contribution in [0.1, 0.15) is 30.9 Å². The SMILES string of the molecule is CC/C(C1=C=CC=C1)=C(/c1ccccc1)c1ccc(OCCCN(C)C)cc1. The summed E-state index contributed by atoms with van der Waals surface area (Å²) in [6, 6.07) is 19.1. The van der Waals surface area contributed by atoms with E-state index in [0.29, 0.717) is 0 Å². The zero-order chi connectivity index (χ0) is 19.8. The summed E-state index contributed by atoms with van der Waals surface area (Å²) in [6.07, 6.45) is 8.16. The van der Waals surface area contributed by atoms with E-state index in [2.05, 4.69) is 98.4 Å². The maximum atomic E-state index is 5.91. The van der Waals surface area contributed by atoms with Crippen LogP contribution in [-0.4, -0.2) is 32.1 Å². The van der Waals surface area contributed by atoms with Crippen molar-refractivity contribution in [2.75, 3.05) is 27.2 Å². The number of nitrogens with zero attached hydrogens (tertiary/aromatic N) is 1. The van der Waals surface area contributed by atoms with Crippen LogP contribution in [0.5, 0.6) is 5.75 Å². The minimum atomic E-state index is 0.738. The molecule has 28 heavy (non-hydrogen) atoms. The van der Waals surface area contributed by atoms with Crippen molar-refractivity contribution in [2.45, 2.75) is 19.8 Å². The predicted molar refractivity (Wildman–Crippen MR) is 119 cm³/mol. The third-order valence-corrected chi connectivity index (χ3v) is 4.80. The summed E-state index contributed by atoms with van der Waals surface area (Å²) < 4.78 is 5.91. The Morgan fingerprint density at radius 2 is 1.68 bits per heavy atom. The molecule has 0 heterocycles. The first-order valence-corrected chi connectivity index (χ1v) is 9.99. The van der Waals surface area contributed by atoms with Crippen molar-refractivity contribution in [3.8, 4) is 5.75 Å². The van der Waals surface area contributed by atoms with Gasteiger partial charge in [0.2, 0.25) is 0 Å². The van der Waals surface area contributed by atoms with Crippen molar-refractivity contribution in [3.63, 3.8) is 0 Å². The molecule has 0 radical (unpaired) electrons. The van der Waals surface area contributed by atoms with Crippen LogP contribution in [0.25, 0.3) is 5.57 Å². The Balaban J connectivity index is 1.89. The van der Waals surface area contributed by atoms with Gasteiger partial charge in [0.05, 0.1) is 6.61 Å². The number of hydrogen-bond acceptors (Lipinski definition) is 2. The van der Waals surface area contributed by atoms with Gasteiger partial charge in [-0.05, 0) is 73.5 Å². The Kier molecular flexibility index (Phi) is 7.08. The summed E-state index contributed by atoms with van der Waals surface area (Å²) in [6.45, 7) is 3.98. The third-order valence-electron chi connectivity index (χ3n) is 4.80. The van der Waals surface area contributed by atoms with Crippen LogP contribution in [0.4, 0.5) is 0 Å². The van der Waals surface area contributed by atoms with E-state index in [1.165, 1.54) is 27.8 Å². The molecule has 0 atom stereocenters. The van der Waals surface area contributed by atoms with Crippen LogP contribution in [-0.2, 0) is 0 Å². The molecule has 1 aliphatic rings. The van der Waals surface area contributed by atoms with Gasteiger partial charge in [0.25, 0.3) is 0 Å². The van der Waals surface area contributed by atoms with Crippen LogP contribution in [0.2, 0.25) is 0 Å². The smallest absolute Gasteiger partial charge is 0.119 e. The first-order valence-electron chi connectivity index (χ1n) is 9.99. The third kappa shape index (κ3) is 5.13. The fourth-order valence-corrected chi connectivity index (χ4v) is 3.43. The average Bonchev–Trinajstić information content (AvgIpc) is 3.25. The van der Waals surface area contributed by atoms with Gasteiger partial charge in [0, 0.05) is 12.1 Å². The van der Waals surface area contributed by atoms with E-state index in [4.69, 9.17) is 4.74 Å². The standard InChI is InChI=1S/C26H29NO/c1-4-25(21-11-8-9-12-21)26(22-13-6-5-7-14-22)23-15-17-24(18-16-23)28-20-10-19-27(2)3/h5-9,11,13-18H,4,10,19-20H2,1-3H3/b26-25+. The number of ether oxygens (including phenoxy) is 1. The average molecular weight is 372 g/mol. The summed E-state index contributed by atoms with van der Waals surface area (Å²) in [5, 5.41) is 0. The van der Waals surface area contributed by atoms with E-state index in [0.717, 1.165) is 31.7 Å². The van der Waals surface area contributed by atoms with Crippen molar-refractivity contribution < 1.29 is 4.74 Å². The zero-order valence-electron chi connectivity index (χ0n) is 17.1. The van der Waals surface area contributed by atoms with Gasteiger partial charge < -0.3 is 9.64 Å². The number of hydrogen-bond donors (Lipinski definition) is 0. The summed E-state index contributed by atoms with van der Waals surface area (Å²) in [5.74, 6) is 0.924. The van der Waals surface area contributed by atoms with E-state index in [9.17, 15) is 0 Å². The van der Waals surface area contributed by atoms with Gasteiger partial charge in [-0.3, -0.25) is 0 Å². The highest BCUT2D eigenvalue weighted by Gasteiger charge is 2.14. The molecule has 0 amide bonds. The van der Waals surface area contributed by atoms with E-state index < -0.39 is 0 Å². The van der Waals surface area contributed by atoms with E-state index in [-0.39, 0.29) is 0 Å². The minimum Gasteiger partial charge on any atom is -0.494 e. The molecule has 0 aliphatic heterocycles. The Morgan fingerprint density at radius 3 is 2.29 bits per heavy atom. The topological polar surface area (TPSA) is 12.5 Å². The summed E-state index contributed by atoms with van der Waals surface area (Å²) in [4.78, 5) is 2.18. The van der Waals surface area contributed by atoms with Crippen molar-refractivity contribution in [2.24, 2.45) is 0 Å². The van der Waals surface area contributed by atoms with Crippen LogP contribution >= 0.6 is 0 Å². The van der Waals surface area contributed by atoms with Gasteiger partial charge in [0.1, 0.15) is 5.75 Å². The van der Waals surface area contributed by atoms with Crippen LogP contribution < -0.4 is 4.74 Å². The lowest BCUT2D eigenvalue weighted by Crippen LogP contribution is -2.15. The van der Waals surface area contributed by atoms with Gasteiger partial charge in [-0.2, -0.15) is 0 Å². The molecule has 1 aliphatic carbocycles.